The molecule has 7 heteroatoms. The first-order valence-electron chi connectivity index (χ1n) is 6.73. The fourth-order valence-electron chi connectivity index (χ4n) is 2.00. The molecule has 0 radical (unpaired) electrons. The second-order valence-electron chi connectivity index (χ2n) is 4.63. The SMILES string of the molecule is NC(=O)C=N/C=C(/C(=S)N1CCOCC1)c1ccc(Cl)cc1. The zero-order chi connectivity index (χ0) is 15.9. The number of morpholine rings is 1. The maximum absolute atomic E-state index is 10.8. The maximum Gasteiger partial charge on any atom is 0.259 e. The van der Waals surface area contributed by atoms with Gasteiger partial charge in [-0.3, -0.25) is 9.79 Å². The van der Waals surface area contributed by atoms with Gasteiger partial charge in [-0.25, -0.2) is 0 Å². The molecule has 22 heavy (non-hydrogen) atoms. The number of ether oxygens (including phenoxy) is 1. The lowest BCUT2D eigenvalue weighted by molar-refractivity contribution is -0.111. The molecule has 1 heterocycles. The van der Waals surface area contributed by atoms with Crippen molar-refractivity contribution in [3.63, 3.8) is 0 Å². The zero-order valence-corrected chi connectivity index (χ0v) is 13.4. The molecule has 0 bridgehead atoms. The van der Waals surface area contributed by atoms with E-state index >= 15 is 0 Å². The molecule has 116 valence electrons. The highest BCUT2D eigenvalue weighted by molar-refractivity contribution is 7.81. The fourth-order valence-corrected chi connectivity index (χ4v) is 2.48. The number of carbonyl (C=O) groups is 1. The Hall–Kier alpha value is -1.76. The minimum atomic E-state index is -0.607. The highest BCUT2D eigenvalue weighted by atomic mass is 35.5. The topological polar surface area (TPSA) is 67.9 Å². The Morgan fingerprint density at radius 2 is 1.95 bits per heavy atom. The largest absolute Gasteiger partial charge is 0.378 e. The lowest BCUT2D eigenvalue weighted by atomic mass is 10.1. The van der Waals surface area contributed by atoms with Crippen molar-refractivity contribution in [2.75, 3.05) is 26.3 Å². The van der Waals surface area contributed by atoms with Gasteiger partial charge in [0.05, 0.1) is 19.4 Å². The van der Waals surface area contributed by atoms with Crippen molar-refractivity contribution in [3.05, 3.63) is 41.1 Å². The molecule has 1 fully saturated rings. The molecular weight excluding hydrogens is 322 g/mol. The molecule has 0 aromatic heterocycles. The van der Waals surface area contributed by atoms with Crippen LogP contribution in [0.25, 0.3) is 5.57 Å². The first kappa shape index (κ1) is 16.6. The average molecular weight is 338 g/mol. The van der Waals surface area contributed by atoms with Gasteiger partial charge in [-0.05, 0) is 17.7 Å². The summed E-state index contributed by atoms with van der Waals surface area (Å²) < 4.78 is 5.33. The second kappa shape index (κ2) is 8.03. The maximum atomic E-state index is 10.8. The van der Waals surface area contributed by atoms with Crippen molar-refractivity contribution >= 4 is 46.5 Å². The van der Waals surface area contributed by atoms with E-state index in [1.54, 1.807) is 18.3 Å². The van der Waals surface area contributed by atoms with Crippen LogP contribution in [0, 0.1) is 0 Å². The summed E-state index contributed by atoms with van der Waals surface area (Å²) in [7, 11) is 0. The van der Waals surface area contributed by atoms with Crippen LogP contribution in [0.5, 0.6) is 0 Å². The van der Waals surface area contributed by atoms with Crippen molar-refractivity contribution < 1.29 is 9.53 Å². The van der Waals surface area contributed by atoms with Crippen molar-refractivity contribution in [2.24, 2.45) is 10.7 Å². The number of rotatable bonds is 4. The molecule has 2 N–H and O–H groups in total. The summed E-state index contributed by atoms with van der Waals surface area (Å²) in [5.74, 6) is -0.607. The molecule has 5 nitrogen and oxygen atoms in total. The quantitative estimate of drug-likeness (QED) is 0.517. The van der Waals surface area contributed by atoms with E-state index in [0.717, 1.165) is 30.4 Å². The third-order valence-electron chi connectivity index (χ3n) is 3.09. The Morgan fingerprint density at radius 3 is 2.55 bits per heavy atom. The predicted molar refractivity (Wildman–Crippen MR) is 92.1 cm³/mol. The number of carbonyl (C=O) groups excluding carboxylic acids is 1. The molecule has 1 aliphatic rings. The molecule has 1 aromatic rings. The van der Waals surface area contributed by atoms with Gasteiger partial charge in [0.25, 0.3) is 5.91 Å². The molecular formula is C15H16ClN3O2S. The minimum absolute atomic E-state index is 0.607. The molecule has 1 amide bonds. The summed E-state index contributed by atoms with van der Waals surface area (Å²) in [5.41, 5.74) is 6.68. The van der Waals surface area contributed by atoms with E-state index in [-0.39, 0.29) is 0 Å². The highest BCUT2D eigenvalue weighted by Gasteiger charge is 2.18. The summed E-state index contributed by atoms with van der Waals surface area (Å²) in [6, 6.07) is 7.29. The average Bonchev–Trinajstić information content (AvgIpc) is 2.53. The van der Waals surface area contributed by atoms with Crippen LogP contribution in [0.2, 0.25) is 5.02 Å². The Labute approximate surface area is 139 Å². The van der Waals surface area contributed by atoms with Crippen LogP contribution >= 0.6 is 23.8 Å². The van der Waals surface area contributed by atoms with Gasteiger partial charge in [-0.15, -0.1) is 0 Å². The molecule has 2 rings (SSSR count). The molecule has 0 unspecified atom stereocenters. The summed E-state index contributed by atoms with van der Waals surface area (Å²) in [4.78, 5) is 17.5. The third-order valence-corrected chi connectivity index (χ3v) is 3.82. The molecule has 0 spiro atoms. The lowest BCUT2D eigenvalue weighted by Crippen LogP contribution is -2.40. The number of aliphatic imine (C=N–C) groups is 1. The van der Waals surface area contributed by atoms with E-state index in [0.29, 0.717) is 23.2 Å². The van der Waals surface area contributed by atoms with Crippen molar-refractivity contribution in [1.82, 2.24) is 4.90 Å². The fraction of sp³-hybridized carbons (Fsp3) is 0.267. The molecule has 1 aromatic carbocycles. The summed E-state index contributed by atoms with van der Waals surface area (Å²) in [6.07, 6.45) is 2.60. The number of primary amides is 1. The van der Waals surface area contributed by atoms with E-state index in [2.05, 4.69) is 9.89 Å². The van der Waals surface area contributed by atoms with Crippen LogP contribution < -0.4 is 5.73 Å². The number of hydrogen-bond acceptors (Lipinski definition) is 4. The predicted octanol–water partition coefficient (Wildman–Crippen LogP) is 1.90. The highest BCUT2D eigenvalue weighted by Crippen LogP contribution is 2.21. The molecule has 1 aliphatic heterocycles. The van der Waals surface area contributed by atoms with Crippen LogP contribution in [-0.4, -0.2) is 48.3 Å². The molecule has 0 atom stereocenters. The van der Waals surface area contributed by atoms with E-state index in [1.807, 2.05) is 12.1 Å². The van der Waals surface area contributed by atoms with E-state index in [1.165, 1.54) is 0 Å². The monoisotopic (exact) mass is 337 g/mol. The van der Waals surface area contributed by atoms with Gasteiger partial charge >= 0.3 is 0 Å². The smallest absolute Gasteiger partial charge is 0.259 e. The number of nitrogens with zero attached hydrogens (tertiary/aromatic N) is 2. The van der Waals surface area contributed by atoms with Gasteiger partial charge in [0.15, 0.2) is 0 Å². The molecule has 0 saturated carbocycles. The Bertz CT molecular complexity index is 608. The van der Waals surface area contributed by atoms with Gasteiger partial charge in [-0.2, -0.15) is 0 Å². The number of amides is 1. The normalized spacial score (nSPS) is 16.0. The number of halogens is 1. The lowest BCUT2D eigenvalue weighted by Gasteiger charge is -2.30. The van der Waals surface area contributed by atoms with Crippen LogP contribution in [0.1, 0.15) is 5.56 Å². The Balaban J connectivity index is 2.29. The summed E-state index contributed by atoms with van der Waals surface area (Å²) in [6.45, 7) is 2.73. The van der Waals surface area contributed by atoms with E-state index in [4.69, 9.17) is 34.3 Å². The summed E-state index contributed by atoms with van der Waals surface area (Å²) in [5, 5.41) is 0.640. The first-order valence-corrected chi connectivity index (χ1v) is 7.52. The number of nitrogens with two attached hydrogens (primary N) is 1. The number of thiocarbonyl (C=S) groups is 1. The molecule has 1 saturated heterocycles. The van der Waals surface area contributed by atoms with Gasteiger partial charge < -0.3 is 15.4 Å². The Kier molecular flexibility index (Phi) is 6.06. The second-order valence-corrected chi connectivity index (χ2v) is 5.46. The van der Waals surface area contributed by atoms with Crippen molar-refractivity contribution in [1.29, 1.82) is 0 Å². The van der Waals surface area contributed by atoms with E-state index in [9.17, 15) is 4.79 Å². The van der Waals surface area contributed by atoms with E-state index < -0.39 is 5.91 Å². The Morgan fingerprint density at radius 1 is 1.32 bits per heavy atom. The molecule has 0 aliphatic carbocycles. The van der Waals surface area contributed by atoms with Gasteiger partial charge in [-0.1, -0.05) is 36.0 Å². The standard InChI is InChI=1S/C15H16ClN3O2S/c16-12-3-1-11(2-4-12)13(9-18-10-14(17)20)15(22)19-5-7-21-8-6-19/h1-4,9-10H,5-8H2,(H2,17,20)/b13-9+,18-10?. The van der Waals surface area contributed by atoms with Crippen molar-refractivity contribution in [3.8, 4) is 0 Å². The van der Waals surface area contributed by atoms with Crippen LogP contribution in [-0.2, 0) is 9.53 Å². The van der Waals surface area contributed by atoms with Gasteiger partial charge in [0.2, 0.25) is 0 Å². The van der Waals surface area contributed by atoms with Crippen LogP contribution in [0.15, 0.2) is 35.5 Å². The van der Waals surface area contributed by atoms with Crippen molar-refractivity contribution in [2.45, 2.75) is 0 Å². The van der Waals surface area contributed by atoms with Crippen LogP contribution in [0.3, 0.4) is 0 Å². The van der Waals surface area contributed by atoms with Gasteiger partial charge in [0.1, 0.15) is 4.99 Å². The number of benzene rings is 1. The number of hydrogen-bond donors (Lipinski definition) is 1. The summed E-state index contributed by atoms with van der Waals surface area (Å²) >= 11 is 11.5. The third kappa shape index (κ3) is 4.62. The van der Waals surface area contributed by atoms with Crippen LogP contribution in [0.4, 0.5) is 0 Å². The first-order chi connectivity index (χ1) is 10.6. The van der Waals surface area contributed by atoms with Gasteiger partial charge in [0, 0.05) is 29.9 Å². The minimum Gasteiger partial charge on any atom is -0.378 e. The zero-order valence-electron chi connectivity index (χ0n) is 11.9.